The van der Waals surface area contributed by atoms with Gasteiger partial charge in [-0.05, 0) is 31.2 Å². The molecule has 1 saturated heterocycles. The summed E-state index contributed by atoms with van der Waals surface area (Å²) in [7, 11) is 1.68. The monoisotopic (exact) mass is 387 g/mol. The molecule has 0 spiro atoms. The molecule has 0 bridgehead atoms. The van der Waals surface area contributed by atoms with E-state index in [0.29, 0.717) is 5.82 Å². The number of aryl methyl sites for hydroxylation is 1. The van der Waals surface area contributed by atoms with Gasteiger partial charge in [0.05, 0.1) is 18.0 Å². The molecule has 0 unspecified atom stereocenters. The third-order valence-electron chi connectivity index (χ3n) is 5.18. The van der Waals surface area contributed by atoms with Crippen LogP contribution in [0.2, 0.25) is 0 Å². The van der Waals surface area contributed by atoms with Gasteiger partial charge < -0.3 is 14.7 Å². The van der Waals surface area contributed by atoms with E-state index in [1.165, 1.54) is 11.3 Å². The molecule has 1 fully saturated rings. The van der Waals surface area contributed by atoms with Crippen molar-refractivity contribution in [3.05, 3.63) is 40.5 Å². The van der Waals surface area contributed by atoms with Crippen LogP contribution in [-0.2, 0) is 0 Å². The van der Waals surface area contributed by atoms with Crippen LogP contribution in [0.25, 0.3) is 4.96 Å². The van der Waals surface area contributed by atoms with E-state index in [-0.39, 0.29) is 11.9 Å². The van der Waals surface area contributed by atoms with Crippen LogP contribution in [0.4, 0.5) is 0 Å². The number of hydrogen-bond acceptors (Lipinski definition) is 7. The van der Waals surface area contributed by atoms with Gasteiger partial charge in [0.25, 0.3) is 0 Å². The lowest BCUT2D eigenvalue weighted by atomic mass is 10.0. The lowest BCUT2D eigenvalue weighted by Gasteiger charge is -2.38. The van der Waals surface area contributed by atoms with E-state index in [1.54, 1.807) is 11.6 Å². The normalized spacial score (nSPS) is 17.4. The fourth-order valence-electron chi connectivity index (χ4n) is 3.70. The van der Waals surface area contributed by atoms with Crippen LogP contribution in [0.3, 0.4) is 0 Å². The smallest absolute Gasteiger partial charge is 0.230 e. The third kappa shape index (κ3) is 3.40. The zero-order valence-corrected chi connectivity index (χ0v) is 16.7. The SMILES string of the molecule is CCN1CCN([C@H](c2cccc(OC)c2)c2sc3nc(C)nn3c2O)CC1. The third-order valence-corrected chi connectivity index (χ3v) is 6.26. The number of fused-ring (bicyclic) bond motifs is 1. The van der Waals surface area contributed by atoms with E-state index < -0.39 is 0 Å². The summed E-state index contributed by atoms with van der Waals surface area (Å²) in [5, 5.41) is 15.2. The van der Waals surface area contributed by atoms with Gasteiger partial charge >= 0.3 is 0 Å². The Balaban J connectivity index is 1.77. The van der Waals surface area contributed by atoms with E-state index in [1.807, 2.05) is 19.1 Å². The van der Waals surface area contributed by atoms with Gasteiger partial charge in [-0.15, -0.1) is 5.10 Å². The highest BCUT2D eigenvalue weighted by Gasteiger charge is 2.31. The molecule has 2 aromatic heterocycles. The van der Waals surface area contributed by atoms with Crippen LogP contribution in [-0.4, -0.2) is 69.3 Å². The van der Waals surface area contributed by atoms with E-state index in [9.17, 15) is 5.11 Å². The zero-order valence-electron chi connectivity index (χ0n) is 15.9. The highest BCUT2D eigenvalue weighted by atomic mass is 32.1. The number of benzene rings is 1. The predicted molar refractivity (Wildman–Crippen MR) is 106 cm³/mol. The van der Waals surface area contributed by atoms with Gasteiger partial charge in [0.1, 0.15) is 11.6 Å². The first-order valence-corrected chi connectivity index (χ1v) is 10.1. The number of likely N-dealkylation sites (N-methyl/N-ethyl adjacent to an activating group) is 1. The highest BCUT2D eigenvalue weighted by molar-refractivity contribution is 7.17. The van der Waals surface area contributed by atoms with Gasteiger partial charge in [-0.25, -0.2) is 4.98 Å². The number of hydrogen-bond donors (Lipinski definition) is 1. The van der Waals surface area contributed by atoms with Crippen molar-refractivity contribution >= 4 is 16.3 Å². The van der Waals surface area contributed by atoms with Crippen molar-refractivity contribution in [2.45, 2.75) is 19.9 Å². The molecule has 8 heteroatoms. The number of thiazole rings is 1. The summed E-state index contributed by atoms with van der Waals surface area (Å²) in [6, 6.07) is 8.05. The number of ether oxygens (including phenoxy) is 1. The Kier molecular flexibility index (Phi) is 5.03. The van der Waals surface area contributed by atoms with Gasteiger partial charge in [0.15, 0.2) is 0 Å². The van der Waals surface area contributed by atoms with Crippen LogP contribution in [0.1, 0.15) is 29.2 Å². The molecule has 0 aliphatic carbocycles. The van der Waals surface area contributed by atoms with Gasteiger partial charge in [-0.1, -0.05) is 30.4 Å². The van der Waals surface area contributed by atoms with Crippen molar-refractivity contribution < 1.29 is 9.84 Å². The van der Waals surface area contributed by atoms with Crippen LogP contribution in [0, 0.1) is 6.92 Å². The van der Waals surface area contributed by atoms with Crippen molar-refractivity contribution in [1.29, 1.82) is 0 Å². The van der Waals surface area contributed by atoms with Crippen LogP contribution in [0.5, 0.6) is 11.6 Å². The first-order valence-electron chi connectivity index (χ1n) is 9.26. The quantitative estimate of drug-likeness (QED) is 0.726. The van der Waals surface area contributed by atoms with Gasteiger partial charge in [0.2, 0.25) is 10.8 Å². The van der Waals surface area contributed by atoms with E-state index >= 15 is 0 Å². The Morgan fingerprint density at radius 2 is 2.04 bits per heavy atom. The molecule has 1 N–H and O–H groups in total. The summed E-state index contributed by atoms with van der Waals surface area (Å²) < 4.78 is 6.98. The van der Waals surface area contributed by atoms with Crippen molar-refractivity contribution in [3.63, 3.8) is 0 Å². The Bertz CT molecular complexity index is 929. The Morgan fingerprint density at radius 1 is 1.26 bits per heavy atom. The number of piperazine rings is 1. The second-order valence-corrected chi connectivity index (χ2v) is 7.80. The second-order valence-electron chi connectivity index (χ2n) is 6.79. The summed E-state index contributed by atoms with van der Waals surface area (Å²) in [5.74, 6) is 1.67. The molecule has 1 aliphatic heterocycles. The van der Waals surface area contributed by atoms with Crippen molar-refractivity contribution in [1.82, 2.24) is 24.4 Å². The molecule has 0 radical (unpaired) electrons. The average molecular weight is 388 g/mol. The van der Waals surface area contributed by atoms with Gasteiger partial charge in [-0.2, -0.15) is 4.52 Å². The molecule has 3 heterocycles. The summed E-state index contributed by atoms with van der Waals surface area (Å²) >= 11 is 1.50. The molecule has 1 atom stereocenters. The first-order chi connectivity index (χ1) is 13.1. The maximum atomic E-state index is 10.9. The number of nitrogens with zero attached hydrogens (tertiary/aromatic N) is 5. The van der Waals surface area contributed by atoms with E-state index in [2.05, 4.69) is 38.9 Å². The molecular weight excluding hydrogens is 362 g/mol. The zero-order chi connectivity index (χ0) is 19.0. The Morgan fingerprint density at radius 3 is 2.70 bits per heavy atom. The molecule has 3 aromatic rings. The summed E-state index contributed by atoms with van der Waals surface area (Å²) in [6.45, 7) is 9.05. The summed E-state index contributed by atoms with van der Waals surface area (Å²) in [4.78, 5) is 10.9. The fourth-order valence-corrected chi connectivity index (χ4v) is 4.87. The second kappa shape index (κ2) is 7.46. The molecule has 0 saturated carbocycles. The minimum absolute atomic E-state index is 0.0482. The van der Waals surface area contributed by atoms with E-state index in [4.69, 9.17) is 4.74 Å². The van der Waals surface area contributed by atoms with E-state index in [0.717, 1.165) is 53.9 Å². The topological polar surface area (TPSA) is 66.1 Å². The van der Waals surface area contributed by atoms with Gasteiger partial charge in [-0.3, -0.25) is 4.90 Å². The number of aromatic hydroxyl groups is 1. The summed E-state index contributed by atoms with van der Waals surface area (Å²) in [5.41, 5.74) is 1.11. The molecule has 27 heavy (non-hydrogen) atoms. The number of rotatable bonds is 5. The largest absolute Gasteiger partial charge is 0.497 e. The average Bonchev–Trinajstić information content (AvgIpc) is 3.20. The minimum Gasteiger partial charge on any atom is -0.497 e. The molecular formula is C19H25N5O2S. The molecule has 144 valence electrons. The first kappa shape index (κ1) is 18.2. The maximum absolute atomic E-state index is 10.9. The maximum Gasteiger partial charge on any atom is 0.230 e. The number of methoxy groups -OCH3 is 1. The highest BCUT2D eigenvalue weighted by Crippen LogP contribution is 2.40. The molecule has 1 aliphatic rings. The fraction of sp³-hybridized carbons (Fsp3) is 0.474. The minimum atomic E-state index is -0.0482. The van der Waals surface area contributed by atoms with Crippen LogP contribution >= 0.6 is 11.3 Å². The van der Waals surface area contributed by atoms with Crippen LogP contribution < -0.4 is 4.74 Å². The Hall–Kier alpha value is -2.16. The number of aromatic nitrogens is 3. The molecule has 1 aromatic carbocycles. The van der Waals surface area contributed by atoms with Gasteiger partial charge in [0, 0.05) is 26.2 Å². The summed E-state index contributed by atoms with van der Waals surface area (Å²) in [6.07, 6.45) is 0. The molecule has 7 nitrogen and oxygen atoms in total. The standard InChI is InChI=1S/C19H25N5O2S/c1-4-22-8-10-23(11-9-22)16(14-6-5-7-15(12-14)26-3)17-18(25)24-19(27-17)20-13(2)21-24/h5-7,12,16,25H,4,8-11H2,1-3H3/t16-/m1/s1. The lowest BCUT2D eigenvalue weighted by Crippen LogP contribution is -2.47. The van der Waals surface area contributed by atoms with Crippen molar-refractivity contribution in [2.75, 3.05) is 39.8 Å². The lowest BCUT2D eigenvalue weighted by molar-refractivity contribution is 0.113. The van der Waals surface area contributed by atoms with Crippen LogP contribution in [0.15, 0.2) is 24.3 Å². The van der Waals surface area contributed by atoms with Crippen molar-refractivity contribution in [2.24, 2.45) is 0 Å². The molecule has 4 rings (SSSR count). The van der Waals surface area contributed by atoms with Crippen molar-refractivity contribution in [3.8, 4) is 11.6 Å². The molecule has 0 amide bonds. The Labute approximate surface area is 162 Å². The predicted octanol–water partition coefficient (Wildman–Crippen LogP) is 2.54.